The molecule has 0 atom stereocenters. The van der Waals surface area contributed by atoms with E-state index in [1.54, 1.807) is 29.7 Å². The van der Waals surface area contributed by atoms with E-state index < -0.39 is 0 Å². The number of thiazole rings is 1. The Morgan fingerprint density at radius 2 is 2.09 bits per heavy atom. The summed E-state index contributed by atoms with van der Waals surface area (Å²) < 4.78 is 21.9. The highest BCUT2D eigenvalue weighted by Crippen LogP contribution is 2.38. The van der Waals surface area contributed by atoms with Crippen LogP contribution in [0.3, 0.4) is 0 Å². The number of phenolic OH excluding ortho intramolecular Hbond substituents is 1. The van der Waals surface area contributed by atoms with E-state index in [-0.39, 0.29) is 11.6 Å². The van der Waals surface area contributed by atoms with E-state index in [0.717, 1.165) is 39.4 Å². The number of aromatic hydroxyl groups is 1. The molecule has 35 heavy (non-hydrogen) atoms. The average Bonchev–Trinajstić information content (AvgIpc) is 3.47. The molecule has 0 bridgehead atoms. The number of ether oxygens (including phenoxy) is 1. The lowest BCUT2D eigenvalue weighted by molar-refractivity contribution is 0.214. The Hall–Kier alpha value is -3.75. The summed E-state index contributed by atoms with van der Waals surface area (Å²) >= 11 is 1.60. The lowest BCUT2D eigenvalue weighted by atomic mass is 10.0. The van der Waals surface area contributed by atoms with Gasteiger partial charge in [0.15, 0.2) is 16.6 Å². The summed E-state index contributed by atoms with van der Waals surface area (Å²) in [6.07, 6.45) is 3.83. The molecule has 0 spiro atoms. The maximum Gasteiger partial charge on any atom is 0.193 e. The zero-order valence-corrected chi connectivity index (χ0v) is 19.9. The summed E-state index contributed by atoms with van der Waals surface area (Å²) in [6.45, 7) is 4.51. The van der Waals surface area contributed by atoms with E-state index in [4.69, 9.17) is 4.74 Å². The SMILES string of the molecule is Cc1cc(-c2cc(O)c3c(c2)CN(Cc2cccn2-c2nccs2)CCO3)nc2cc(F)ccc12. The Labute approximate surface area is 205 Å². The van der Waals surface area contributed by atoms with Gasteiger partial charge in [0.1, 0.15) is 12.4 Å². The van der Waals surface area contributed by atoms with Crippen LogP contribution in [0.25, 0.3) is 27.3 Å². The molecule has 6 nitrogen and oxygen atoms in total. The van der Waals surface area contributed by atoms with Gasteiger partial charge in [-0.2, -0.15) is 0 Å². The fourth-order valence-corrected chi connectivity index (χ4v) is 5.31. The molecular weight excluding hydrogens is 463 g/mol. The smallest absolute Gasteiger partial charge is 0.193 e. The van der Waals surface area contributed by atoms with Crippen LogP contribution in [0.15, 0.2) is 66.3 Å². The van der Waals surface area contributed by atoms with Crippen LogP contribution in [0.1, 0.15) is 16.8 Å². The first kappa shape index (κ1) is 21.8. The molecule has 3 aromatic heterocycles. The molecule has 6 rings (SSSR count). The molecule has 2 aromatic carbocycles. The molecule has 4 heterocycles. The molecule has 176 valence electrons. The number of rotatable bonds is 4. The van der Waals surface area contributed by atoms with Gasteiger partial charge in [0, 0.05) is 65.7 Å². The second-order valence-electron chi connectivity index (χ2n) is 8.71. The Morgan fingerprint density at radius 3 is 2.94 bits per heavy atom. The van der Waals surface area contributed by atoms with Gasteiger partial charge < -0.3 is 9.84 Å². The molecule has 1 aliphatic rings. The van der Waals surface area contributed by atoms with E-state index in [9.17, 15) is 9.50 Å². The highest BCUT2D eigenvalue weighted by molar-refractivity contribution is 7.12. The summed E-state index contributed by atoms with van der Waals surface area (Å²) in [5, 5.41) is 14.6. The second kappa shape index (κ2) is 8.79. The fourth-order valence-electron chi connectivity index (χ4n) is 4.66. The summed E-state index contributed by atoms with van der Waals surface area (Å²) in [6, 6.07) is 14.4. The van der Waals surface area contributed by atoms with Crippen LogP contribution in [0.4, 0.5) is 4.39 Å². The van der Waals surface area contributed by atoms with E-state index in [0.29, 0.717) is 36.7 Å². The quantitative estimate of drug-likeness (QED) is 0.353. The molecule has 0 unspecified atom stereocenters. The number of pyridine rings is 1. The first-order valence-corrected chi connectivity index (χ1v) is 12.3. The number of aromatic nitrogens is 3. The maximum absolute atomic E-state index is 13.8. The summed E-state index contributed by atoms with van der Waals surface area (Å²) in [7, 11) is 0. The van der Waals surface area contributed by atoms with Crippen LogP contribution in [0.5, 0.6) is 11.5 Å². The van der Waals surface area contributed by atoms with Gasteiger partial charge >= 0.3 is 0 Å². The number of hydrogen-bond donors (Lipinski definition) is 1. The fraction of sp³-hybridized carbons (Fsp3) is 0.185. The minimum atomic E-state index is -0.321. The average molecular weight is 487 g/mol. The molecule has 0 saturated carbocycles. The van der Waals surface area contributed by atoms with E-state index >= 15 is 0 Å². The van der Waals surface area contributed by atoms with E-state index in [1.165, 1.54) is 12.1 Å². The van der Waals surface area contributed by atoms with E-state index in [1.807, 2.05) is 36.7 Å². The number of benzene rings is 2. The van der Waals surface area contributed by atoms with Gasteiger partial charge in [-0.05, 0) is 55.0 Å². The number of aryl methyl sites for hydroxylation is 1. The molecule has 1 aliphatic heterocycles. The Bertz CT molecular complexity index is 1530. The molecule has 8 heteroatoms. The van der Waals surface area contributed by atoms with Gasteiger partial charge in [-0.15, -0.1) is 11.3 Å². The summed E-state index contributed by atoms with van der Waals surface area (Å²) in [4.78, 5) is 11.4. The minimum absolute atomic E-state index is 0.0873. The Balaban J connectivity index is 1.34. The van der Waals surface area contributed by atoms with Crippen molar-refractivity contribution in [3.05, 3.63) is 88.9 Å². The standard InChI is InChI=1S/C27H23FN4O2S/c1-17-11-23(30-24-14-20(28)4-5-22(17)24)18-12-19-15-31(8-9-34-26(19)25(33)13-18)16-21-3-2-7-32(21)27-29-6-10-35-27/h2-7,10-14,33H,8-9,15-16H2,1H3. The molecule has 0 saturated heterocycles. The van der Waals surface area contributed by atoms with Crippen molar-refractivity contribution in [3.63, 3.8) is 0 Å². The number of nitrogens with zero attached hydrogens (tertiary/aromatic N) is 4. The van der Waals surface area contributed by atoms with E-state index in [2.05, 4.69) is 25.5 Å². The van der Waals surface area contributed by atoms with Crippen LogP contribution in [-0.2, 0) is 13.1 Å². The number of halogens is 1. The van der Waals surface area contributed by atoms with Crippen molar-refractivity contribution in [3.8, 4) is 27.9 Å². The van der Waals surface area contributed by atoms with Crippen molar-refractivity contribution >= 4 is 22.2 Å². The van der Waals surface area contributed by atoms with Crippen molar-refractivity contribution in [2.75, 3.05) is 13.2 Å². The van der Waals surface area contributed by atoms with Crippen molar-refractivity contribution < 1.29 is 14.2 Å². The predicted octanol–water partition coefficient (Wildman–Crippen LogP) is 5.70. The first-order chi connectivity index (χ1) is 17.0. The topological polar surface area (TPSA) is 63.4 Å². The predicted molar refractivity (Wildman–Crippen MR) is 135 cm³/mol. The molecule has 0 radical (unpaired) electrons. The van der Waals surface area contributed by atoms with Gasteiger partial charge in [0.05, 0.1) is 11.2 Å². The third-order valence-electron chi connectivity index (χ3n) is 6.31. The maximum atomic E-state index is 13.8. The molecule has 0 aliphatic carbocycles. The third kappa shape index (κ3) is 4.15. The van der Waals surface area contributed by atoms with Crippen molar-refractivity contribution in [1.29, 1.82) is 0 Å². The molecule has 5 aromatic rings. The summed E-state index contributed by atoms with van der Waals surface area (Å²) in [5.74, 6) is 0.275. The van der Waals surface area contributed by atoms with Crippen LogP contribution in [0, 0.1) is 12.7 Å². The second-order valence-corrected chi connectivity index (χ2v) is 9.59. The van der Waals surface area contributed by atoms with Gasteiger partial charge in [-0.25, -0.2) is 14.4 Å². The normalized spacial score (nSPS) is 14.0. The minimum Gasteiger partial charge on any atom is -0.504 e. The van der Waals surface area contributed by atoms with Crippen LogP contribution in [-0.4, -0.2) is 37.7 Å². The lowest BCUT2D eigenvalue weighted by Crippen LogP contribution is -2.26. The summed E-state index contributed by atoms with van der Waals surface area (Å²) in [5.41, 5.74) is 5.08. The van der Waals surface area contributed by atoms with Gasteiger partial charge in [0.2, 0.25) is 0 Å². The van der Waals surface area contributed by atoms with Gasteiger partial charge in [-0.3, -0.25) is 9.47 Å². The zero-order valence-electron chi connectivity index (χ0n) is 19.1. The van der Waals surface area contributed by atoms with Crippen LogP contribution < -0.4 is 4.74 Å². The molecular formula is C27H23FN4O2S. The monoisotopic (exact) mass is 486 g/mol. The number of phenols is 1. The number of hydrogen-bond acceptors (Lipinski definition) is 6. The third-order valence-corrected chi connectivity index (χ3v) is 7.08. The Morgan fingerprint density at radius 1 is 1.17 bits per heavy atom. The van der Waals surface area contributed by atoms with Crippen molar-refractivity contribution in [2.45, 2.75) is 20.0 Å². The van der Waals surface area contributed by atoms with Crippen molar-refractivity contribution in [1.82, 2.24) is 19.4 Å². The molecule has 1 N–H and O–H groups in total. The largest absolute Gasteiger partial charge is 0.504 e. The highest BCUT2D eigenvalue weighted by Gasteiger charge is 2.21. The zero-order chi connectivity index (χ0) is 23.9. The molecule has 0 amide bonds. The van der Waals surface area contributed by atoms with Gasteiger partial charge in [0.25, 0.3) is 0 Å². The first-order valence-electron chi connectivity index (χ1n) is 11.4. The highest BCUT2D eigenvalue weighted by atomic mass is 32.1. The number of fused-ring (bicyclic) bond motifs is 2. The van der Waals surface area contributed by atoms with Gasteiger partial charge in [-0.1, -0.05) is 0 Å². The Kier molecular flexibility index (Phi) is 5.47. The lowest BCUT2D eigenvalue weighted by Gasteiger charge is -2.20. The van der Waals surface area contributed by atoms with Crippen LogP contribution >= 0.6 is 11.3 Å². The molecule has 0 fully saturated rings. The van der Waals surface area contributed by atoms with Crippen molar-refractivity contribution in [2.24, 2.45) is 0 Å². The van der Waals surface area contributed by atoms with Crippen LogP contribution in [0.2, 0.25) is 0 Å².